The Morgan fingerprint density at radius 3 is 2.50 bits per heavy atom. The summed E-state index contributed by atoms with van der Waals surface area (Å²) >= 11 is 0. The first-order valence-electron chi connectivity index (χ1n) is 10.1. The van der Waals surface area contributed by atoms with E-state index < -0.39 is 17.7 Å². The lowest BCUT2D eigenvalue weighted by molar-refractivity contribution is -0.132. The largest absolute Gasteiger partial charge is 0.507 e. The van der Waals surface area contributed by atoms with Gasteiger partial charge in [0.05, 0.1) is 11.6 Å². The van der Waals surface area contributed by atoms with Crippen molar-refractivity contribution in [2.24, 2.45) is 0 Å². The number of amides is 1. The van der Waals surface area contributed by atoms with Crippen molar-refractivity contribution in [2.75, 3.05) is 11.7 Å². The zero-order chi connectivity index (χ0) is 22.4. The average molecular weight is 428 g/mol. The van der Waals surface area contributed by atoms with Gasteiger partial charge in [-0.15, -0.1) is 0 Å². The highest BCUT2D eigenvalue weighted by molar-refractivity contribution is 6.51. The summed E-state index contributed by atoms with van der Waals surface area (Å²) < 4.78 is 10.7. The van der Waals surface area contributed by atoms with Crippen molar-refractivity contribution < 1.29 is 24.2 Å². The molecule has 7 heteroatoms. The van der Waals surface area contributed by atoms with Crippen LogP contribution in [0.4, 0.5) is 5.69 Å². The number of ether oxygens (including phenoxy) is 2. The number of aliphatic hydroxyl groups excluding tert-OH is 1. The molecule has 2 aliphatic heterocycles. The SMILES string of the molecule is Cc1ccc(N2C(=O)C(=O)/C(=C(\O)c3ccc4c(c3)OCO4)C2c2ccncc2)c(C)c1. The monoisotopic (exact) mass is 428 g/mol. The number of anilines is 1. The molecule has 0 radical (unpaired) electrons. The number of hydrogen-bond donors (Lipinski definition) is 1. The van der Waals surface area contributed by atoms with Crippen LogP contribution in [0.15, 0.2) is 66.5 Å². The number of aliphatic hydroxyl groups is 1. The fourth-order valence-electron chi connectivity index (χ4n) is 4.22. The van der Waals surface area contributed by atoms with Gasteiger partial charge in [-0.05, 0) is 61.4 Å². The van der Waals surface area contributed by atoms with Crippen LogP contribution in [0.25, 0.3) is 5.76 Å². The van der Waals surface area contributed by atoms with Crippen molar-refractivity contribution in [1.29, 1.82) is 0 Å². The number of benzene rings is 2. The normalized spacial score (nSPS) is 18.9. The highest BCUT2D eigenvalue weighted by Crippen LogP contribution is 2.44. The standard InChI is InChI=1S/C25H20N2O5/c1-14-3-5-18(15(2)11-14)27-22(16-7-9-26-10-8-16)21(24(29)25(27)30)23(28)17-4-6-19-20(12-17)32-13-31-19/h3-12,22,28H,13H2,1-2H3/b23-21-. The zero-order valence-electron chi connectivity index (χ0n) is 17.5. The van der Waals surface area contributed by atoms with E-state index in [0.29, 0.717) is 28.3 Å². The van der Waals surface area contributed by atoms with Crippen LogP contribution in [0.5, 0.6) is 11.5 Å². The Hall–Kier alpha value is -4.13. The molecule has 1 amide bonds. The number of Topliss-reactive ketones (excluding diaryl/α,β-unsaturated/α-hetero) is 1. The molecule has 160 valence electrons. The number of aryl methyl sites for hydroxylation is 2. The quantitative estimate of drug-likeness (QED) is 0.385. The number of carbonyl (C=O) groups is 2. The fourth-order valence-corrected chi connectivity index (χ4v) is 4.22. The highest BCUT2D eigenvalue weighted by atomic mass is 16.7. The van der Waals surface area contributed by atoms with Crippen molar-refractivity contribution in [1.82, 2.24) is 4.98 Å². The van der Waals surface area contributed by atoms with Gasteiger partial charge in [-0.2, -0.15) is 0 Å². The van der Waals surface area contributed by atoms with Gasteiger partial charge in [-0.3, -0.25) is 19.5 Å². The van der Waals surface area contributed by atoms with E-state index in [4.69, 9.17) is 9.47 Å². The van der Waals surface area contributed by atoms with Gasteiger partial charge in [0.2, 0.25) is 6.79 Å². The lowest BCUT2D eigenvalue weighted by Gasteiger charge is -2.27. The van der Waals surface area contributed by atoms with E-state index in [1.807, 2.05) is 32.0 Å². The molecule has 3 aromatic rings. The number of fused-ring (bicyclic) bond motifs is 1. The molecular formula is C25H20N2O5. The summed E-state index contributed by atoms with van der Waals surface area (Å²) in [6.45, 7) is 3.95. The summed E-state index contributed by atoms with van der Waals surface area (Å²) in [5.41, 5.74) is 3.57. The maximum atomic E-state index is 13.2. The molecule has 2 aromatic carbocycles. The molecule has 32 heavy (non-hydrogen) atoms. The summed E-state index contributed by atoms with van der Waals surface area (Å²) in [5.74, 6) is -0.681. The molecule has 0 bridgehead atoms. The minimum atomic E-state index is -0.801. The lowest BCUT2D eigenvalue weighted by Crippen LogP contribution is -2.30. The summed E-state index contributed by atoms with van der Waals surface area (Å²) in [4.78, 5) is 32.0. The van der Waals surface area contributed by atoms with Gasteiger partial charge in [0.25, 0.3) is 11.7 Å². The first kappa shape index (κ1) is 19.8. The fraction of sp³-hybridized carbons (Fsp3) is 0.160. The van der Waals surface area contributed by atoms with E-state index >= 15 is 0 Å². The van der Waals surface area contributed by atoms with Crippen LogP contribution in [-0.2, 0) is 9.59 Å². The number of ketones is 1. The molecule has 1 fully saturated rings. The molecule has 1 unspecified atom stereocenters. The third kappa shape index (κ3) is 3.10. The zero-order valence-corrected chi connectivity index (χ0v) is 17.5. The van der Waals surface area contributed by atoms with E-state index in [2.05, 4.69) is 4.98 Å². The van der Waals surface area contributed by atoms with Crippen molar-refractivity contribution >= 4 is 23.1 Å². The van der Waals surface area contributed by atoms with Crippen LogP contribution < -0.4 is 14.4 Å². The van der Waals surface area contributed by atoms with Crippen LogP contribution in [0.1, 0.15) is 28.3 Å². The average Bonchev–Trinajstić information content (AvgIpc) is 3.36. The summed E-state index contributed by atoms with van der Waals surface area (Å²) in [6, 6.07) is 13.2. The Balaban J connectivity index is 1.71. The van der Waals surface area contributed by atoms with E-state index in [9.17, 15) is 14.7 Å². The van der Waals surface area contributed by atoms with Crippen LogP contribution in [0, 0.1) is 13.8 Å². The topological polar surface area (TPSA) is 89.0 Å². The van der Waals surface area contributed by atoms with E-state index in [-0.39, 0.29) is 18.1 Å². The lowest BCUT2D eigenvalue weighted by atomic mass is 9.95. The number of nitrogens with zero attached hydrogens (tertiary/aromatic N) is 2. The van der Waals surface area contributed by atoms with E-state index in [1.165, 1.54) is 4.90 Å². The summed E-state index contributed by atoms with van der Waals surface area (Å²) in [5, 5.41) is 11.2. The van der Waals surface area contributed by atoms with Gasteiger partial charge in [-0.25, -0.2) is 0 Å². The number of rotatable bonds is 3. The van der Waals surface area contributed by atoms with Crippen LogP contribution in [-0.4, -0.2) is 28.6 Å². The van der Waals surface area contributed by atoms with Crippen molar-refractivity contribution in [2.45, 2.75) is 19.9 Å². The second-order valence-corrected chi connectivity index (χ2v) is 7.81. The number of carbonyl (C=O) groups excluding carboxylic acids is 2. The molecule has 0 spiro atoms. The summed E-state index contributed by atoms with van der Waals surface area (Å²) in [7, 11) is 0. The Morgan fingerprint density at radius 1 is 1.00 bits per heavy atom. The second-order valence-electron chi connectivity index (χ2n) is 7.81. The Labute approximate surface area is 184 Å². The Bertz CT molecular complexity index is 1280. The van der Waals surface area contributed by atoms with Crippen LogP contribution >= 0.6 is 0 Å². The summed E-state index contributed by atoms with van der Waals surface area (Å²) in [6.07, 6.45) is 3.19. The molecule has 0 saturated carbocycles. The third-order valence-corrected chi connectivity index (χ3v) is 5.72. The molecule has 5 rings (SSSR count). The van der Waals surface area contributed by atoms with Crippen molar-refractivity contribution in [3.05, 3.63) is 88.8 Å². The van der Waals surface area contributed by atoms with E-state index in [0.717, 1.165) is 11.1 Å². The first-order chi connectivity index (χ1) is 15.5. The van der Waals surface area contributed by atoms with Gasteiger partial charge in [0.1, 0.15) is 5.76 Å². The van der Waals surface area contributed by atoms with Gasteiger partial charge >= 0.3 is 0 Å². The minimum absolute atomic E-state index is 0.0139. The highest BCUT2D eigenvalue weighted by Gasteiger charge is 2.47. The molecule has 1 saturated heterocycles. The van der Waals surface area contributed by atoms with Gasteiger partial charge in [0.15, 0.2) is 11.5 Å². The van der Waals surface area contributed by atoms with Gasteiger partial charge in [0, 0.05) is 23.6 Å². The molecule has 1 aromatic heterocycles. The predicted molar refractivity (Wildman–Crippen MR) is 118 cm³/mol. The molecule has 0 aliphatic carbocycles. The smallest absolute Gasteiger partial charge is 0.300 e. The van der Waals surface area contributed by atoms with Gasteiger partial charge in [-0.1, -0.05) is 17.7 Å². The second kappa shape index (κ2) is 7.53. The number of pyridine rings is 1. The van der Waals surface area contributed by atoms with Crippen molar-refractivity contribution in [3.63, 3.8) is 0 Å². The third-order valence-electron chi connectivity index (χ3n) is 5.72. The maximum absolute atomic E-state index is 13.2. The molecular weight excluding hydrogens is 408 g/mol. The molecule has 2 aliphatic rings. The van der Waals surface area contributed by atoms with E-state index in [1.54, 1.807) is 42.7 Å². The Kier molecular flexibility index (Phi) is 4.66. The predicted octanol–water partition coefficient (Wildman–Crippen LogP) is 4.05. The molecule has 3 heterocycles. The number of aromatic nitrogens is 1. The minimum Gasteiger partial charge on any atom is -0.507 e. The van der Waals surface area contributed by atoms with Crippen LogP contribution in [0.3, 0.4) is 0 Å². The molecule has 1 N–H and O–H groups in total. The Morgan fingerprint density at radius 2 is 1.75 bits per heavy atom. The van der Waals surface area contributed by atoms with Crippen LogP contribution in [0.2, 0.25) is 0 Å². The van der Waals surface area contributed by atoms with Crippen molar-refractivity contribution in [3.8, 4) is 11.5 Å². The number of hydrogen-bond acceptors (Lipinski definition) is 6. The first-order valence-corrected chi connectivity index (χ1v) is 10.1. The molecule has 7 nitrogen and oxygen atoms in total. The maximum Gasteiger partial charge on any atom is 0.300 e. The van der Waals surface area contributed by atoms with Gasteiger partial charge < -0.3 is 14.6 Å². The molecule has 1 atom stereocenters.